The number of hydrogen-bond acceptors (Lipinski definition) is 1. The standard InChI is InChI=1S/C13H16ClNO/c1-9-3-6-13(12(14)7-9)15(10(2)16)8-11-4-5-11/h3,6-7,11H,4-5,8H2,1-2H3. The summed E-state index contributed by atoms with van der Waals surface area (Å²) in [6.07, 6.45) is 2.46. The van der Waals surface area contributed by atoms with E-state index in [1.54, 1.807) is 11.8 Å². The molecule has 0 N–H and O–H groups in total. The van der Waals surface area contributed by atoms with Crippen LogP contribution in [0.1, 0.15) is 25.3 Å². The molecule has 0 heterocycles. The maximum absolute atomic E-state index is 11.6. The lowest BCUT2D eigenvalue weighted by molar-refractivity contribution is -0.116. The molecule has 1 fully saturated rings. The minimum Gasteiger partial charge on any atom is -0.311 e. The van der Waals surface area contributed by atoms with Crippen LogP contribution >= 0.6 is 11.6 Å². The number of anilines is 1. The third-order valence-electron chi connectivity index (χ3n) is 2.91. The van der Waals surface area contributed by atoms with E-state index in [-0.39, 0.29) is 5.91 Å². The summed E-state index contributed by atoms with van der Waals surface area (Å²) >= 11 is 6.18. The zero-order valence-corrected chi connectivity index (χ0v) is 10.4. The predicted octanol–water partition coefficient (Wildman–Crippen LogP) is 3.41. The third kappa shape index (κ3) is 2.56. The van der Waals surface area contributed by atoms with E-state index < -0.39 is 0 Å². The van der Waals surface area contributed by atoms with Gasteiger partial charge in [-0.2, -0.15) is 0 Å². The average Bonchev–Trinajstić information content (AvgIpc) is 2.98. The minimum absolute atomic E-state index is 0.0673. The van der Waals surface area contributed by atoms with Gasteiger partial charge in [-0.15, -0.1) is 0 Å². The first kappa shape index (κ1) is 11.5. The molecule has 1 aromatic carbocycles. The van der Waals surface area contributed by atoms with E-state index in [0.717, 1.165) is 17.8 Å². The monoisotopic (exact) mass is 237 g/mol. The maximum atomic E-state index is 11.6. The Morgan fingerprint density at radius 1 is 1.50 bits per heavy atom. The average molecular weight is 238 g/mol. The number of aryl methyl sites for hydroxylation is 1. The molecule has 0 unspecified atom stereocenters. The molecule has 0 saturated heterocycles. The predicted molar refractivity (Wildman–Crippen MR) is 66.9 cm³/mol. The zero-order chi connectivity index (χ0) is 11.7. The highest BCUT2D eigenvalue weighted by molar-refractivity contribution is 6.33. The van der Waals surface area contributed by atoms with Gasteiger partial charge in [0.2, 0.25) is 5.91 Å². The van der Waals surface area contributed by atoms with Gasteiger partial charge in [0.05, 0.1) is 10.7 Å². The van der Waals surface area contributed by atoms with Gasteiger partial charge in [-0.3, -0.25) is 4.79 Å². The summed E-state index contributed by atoms with van der Waals surface area (Å²) in [6, 6.07) is 5.82. The fraction of sp³-hybridized carbons (Fsp3) is 0.462. The Morgan fingerprint density at radius 2 is 2.19 bits per heavy atom. The van der Waals surface area contributed by atoms with Crippen LogP contribution in [0.15, 0.2) is 18.2 Å². The number of carbonyl (C=O) groups is 1. The van der Waals surface area contributed by atoms with Crippen LogP contribution < -0.4 is 4.90 Å². The van der Waals surface area contributed by atoms with E-state index >= 15 is 0 Å². The number of halogens is 1. The van der Waals surface area contributed by atoms with Crippen LogP contribution in [0.5, 0.6) is 0 Å². The van der Waals surface area contributed by atoms with Crippen molar-refractivity contribution in [2.24, 2.45) is 5.92 Å². The Labute approximate surface area is 101 Å². The molecule has 1 aliphatic rings. The molecule has 3 heteroatoms. The summed E-state index contributed by atoms with van der Waals surface area (Å²) in [5.41, 5.74) is 1.95. The molecule has 1 saturated carbocycles. The van der Waals surface area contributed by atoms with Gasteiger partial charge < -0.3 is 4.90 Å². The van der Waals surface area contributed by atoms with Gasteiger partial charge in [0.1, 0.15) is 0 Å². The number of carbonyl (C=O) groups excluding carboxylic acids is 1. The van der Waals surface area contributed by atoms with Crippen LogP contribution in [0.2, 0.25) is 5.02 Å². The Bertz CT molecular complexity index is 412. The number of benzene rings is 1. The van der Waals surface area contributed by atoms with E-state index in [0.29, 0.717) is 10.9 Å². The summed E-state index contributed by atoms with van der Waals surface area (Å²) in [5, 5.41) is 0.663. The van der Waals surface area contributed by atoms with Gasteiger partial charge in [-0.1, -0.05) is 17.7 Å². The molecule has 0 atom stereocenters. The van der Waals surface area contributed by atoms with Crippen molar-refractivity contribution in [3.05, 3.63) is 28.8 Å². The molecule has 86 valence electrons. The molecule has 1 aromatic rings. The molecule has 0 bridgehead atoms. The molecular formula is C13H16ClNO. The molecule has 0 radical (unpaired) electrons. The van der Waals surface area contributed by atoms with Crippen LogP contribution in [0.3, 0.4) is 0 Å². The smallest absolute Gasteiger partial charge is 0.223 e. The fourth-order valence-corrected chi connectivity index (χ4v) is 2.12. The van der Waals surface area contributed by atoms with Crippen molar-refractivity contribution in [2.75, 3.05) is 11.4 Å². The zero-order valence-electron chi connectivity index (χ0n) is 9.66. The summed E-state index contributed by atoms with van der Waals surface area (Å²) in [6.45, 7) is 4.39. The molecule has 0 aliphatic heterocycles. The molecule has 2 nitrogen and oxygen atoms in total. The van der Waals surface area contributed by atoms with Crippen LogP contribution in [-0.4, -0.2) is 12.5 Å². The van der Waals surface area contributed by atoms with Crippen LogP contribution in [-0.2, 0) is 4.79 Å². The van der Waals surface area contributed by atoms with Crippen molar-refractivity contribution in [3.8, 4) is 0 Å². The van der Waals surface area contributed by atoms with Gasteiger partial charge in [-0.05, 0) is 43.4 Å². The van der Waals surface area contributed by atoms with Crippen molar-refractivity contribution in [1.82, 2.24) is 0 Å². The van der Waals surface area contributed by atoms with Crippen LogP contribution in [0.25, 0.3) is 0 Å². The minimum atomic E-state index is 0.0673. The van der Waals surface area contributed by atoms with Crippen molar-refractivity contribution in [3.63, 3.8) is 0 Å². The Kier molecular flexibility index (Phi) is 3.20. The van der Waals surface area contributed by atoms with Gasteiger partial charge >= 0.3 is 0 Å². The van der Waals surface area contributed by atoms with E-state index in [9.17, 15) is 4.79 Å². The largest absolute Gasteiger partial charge is 0.311 e. The second kappa shape index (κ2) is 4.46. The summed E-state index contributed by atoms with van der Waals surface area (Å²) in [5.74, 6) is 0.735. The highest BCUT2D eigenvalue weighted by Gasteiger charge is 2.27. The Hall–Kier alpha value is -1.02. The van der Waals surface area contributed by atoms with Crippen molar-refractivity contribution >= 4 is 23.2 Å². The molecule has 16 heavy (non-hydrogen) atoms. The normalized spacial score (nSPS) is 14.9. The fourth-order valence-electron chi connectivity index (χ4n) is 1.79. The number of nitrogens with zero attached hydrogens (tertiary/aromatic N) is 1. The topological polar surface area (TPSA) is 20.3 Å². The van der Waals surface area contributed by atoms with Crippen molar-refractivity contribution in [1.29, 1.82) is 0 Å². The van der Waals surface area contributed by atoms with E-state index in [1.807, 2.05) is 25.1 Å². The Morgan fingerprint density at radius 3 is 2.69 bits per heavy atom. The number of amides is 1. The second-order valence-corrected chi connectivity index (χ2v) is 4.94. The van der Waals surface area contributed by atoms with Crippen molar-refractivity contribution in [2.45, 2.75) is 26.7 Å². The summed E-state index contributed by atoms with van der Waals surface area (Å²) < 4.78 is 0. The van der Waals surface area contributed by atoms with Gasteiger partial charge in [0.15, 0.2) is 0 Å². The number of hydrogen-bond donors (Lipinski definition) is 0. The molecule has 0 aromatic heterocycles. The van der Waals surface area contributed by atoms with E-state index in [2.05, 4.69) is 0 Å². The molecule has 1 amide bonds. The molecule has 2 rings (SSSR count). The highest BCUT2D eigenvalue weighted by Crippen LogP contribution is 2.34. The molecule has 1 aliphatic carbocycles. The van der Waals surface area contributed by atoms with Gasteiger partial charge in [0, 0.05) is 13.5 Å². The SMILES string of the molecule is CC(=O)N(CC1CC1)c1ccc(C)cc1Cl. The van der Waals surface area contributed by atoms with E-state index in [4.69, 9.17) is 11.6 Å². The highest BCUT2D eigenvalue weighted by atomic mass is 35.5. The van der Waals surface area contributed by atoms with Crippen molar-refractivity contribution < 1.29 is 4.79 Å². The van der Waals surface area contributed by atoms with Crippen LogP contribution in [0, 0.1) is 12.8 Å². The first-order valence-electron chi connectivity index (χ1n) is 5.62. The molecular weight excluding hydrogens is 222 g/mol. The summed E-state index contributed by atoms with van der Waals surface area (Å²) in [7, 11) is 0. The van der Waals surface area contributed by atoms with Gasteiger partial charge in [-0.25, -0.2) is 0 Å². The quantitative estimate of drug-likeness (QED) is 0.789. The van der Waals surface area contributed by atoms with Crippen LogP contribution in [0.4, 0.5) is 5.69 Å². The lowest BCUT2D eigenvalue weighted by Gasteiger charge is -2.22. The molecule has 0 spiro atoms. The lowest BCUT2D eigenvalue weighted by Crippen LogP contribution is -2.30. The van der Waals surface area contributed by atoms with Gasteiger partial charge in [0.25, 0.3) is 0 Å². The first-order chi connectivity index (χ1) is 7.58. The van der Waals surface area contributed by atoms with E-state index in [1.165, 1.54) is 12.8 Å². The summed E-state index contributed by atoms with van der Waals surface area (Å²) in [4.78, 5) is 13.4. The third-order valence-corrected chi connectivity index (χ3v) is 3.21. The lowest BCUT2D eigenvalue weighted by atomic mass is 10.2. The maximum Gasteiger partial charge on any atom is 0.223 e. The second-order valence-electron chi connectivity index (χ2n) is 4.53. The Balaban J connectivity index is 2.26. The first-order valence-corrected chi connectivity index (χ1v) is 6.00. The number of rotatable bonds is 3.